The number of methoxy groups -OCH3 is 1. The average Bonchev–Trinajstić information content (AvgIpc) is 2.66. The maximum atomic E-state index is 12.9. The molecule has 2 rings (SSSR count). The fourth-order valence-electron chi connectivity index (χ4n) is 2.54. The number of ether oxygens (including phenoxy) is 2. The first kappa shape index (κ1) is 20.4. The monoisotopic (exact) mass is 373 g/mol. The predicted octanol–water partition coefficient (Wildman–Crippen LogP) is 3.72. The fraction of sp³-hybridized carbons (Fsp3) is 0.333. The zero-order valence-corrected chi connectivity index (χ0v) is 15.7. The Balaban J connectivity index is 2.02. The second-order valence-corrected chi connectivity index (χ2v) is 6.62. The van der Waals surface area contributed by atoms with Crippen molar-refractivity contribution in [2.75, 3.05) is 7.11 Å². The molecule has 1 amide bonds. The Morgan fingerprint density at radius 3 is 2.44 bits per heavy atom. The van der Waals surface area contributed by atoms with Gasteiger partial charge in [0.25, 0.3) is 5.91 Å². The Labute approximate surface area is 158 Å². The van der Waals surface area contributed by atoms with E-state index in [1.165, 1.54) is 19.2 Å². The van der Waals surface area contributed by atoms with Crippen LogP contribution in [0.15, 0.2) is 48.5 Å². The third-order valence-electron chi connectivity index (χ3n) is 3.91. The Morgan fingerprint density at radius 1 is 1.11 bits per heavy atom. The summed E-state index contributed by atoms with van der Waals surface area (Å²) in [6.45, 7) is 4.18. The van der Waals surface area contributed by atoms with Crippen LogP contribution in [0.3, 0.4) is 0 Å². The molecule has 0 heterocycles. The molecule has 0 aliphatic heterocycles. The van der Waals surface area contributed by atoms with Crippen molar-refractivity contribution in [3.05, 3.63) is 65.5 Å². The molecule has 27 heavy (non-hydrogen) atoms. The molecule has 1 unspecified atom stereocenters. The molecule has 5 nitrogen and oxygen atoms in total. The van der Waals surface area contributed by atoms with Crippen molar-refractivity contribution >= 4 is 11.9 Å². The number of nitrogens with one attached hydrogen (secondary N) is 1. The third-order valence-corrected chi connectivity index (χ3v) is 3.91. The summed E-state index contributed by atoms with van der Waals surface area (Å²) < 4.78 is 23.4. The fourth-order valence-corrected chi connectivity index (χ4v) is 2.54. The van der Waals surface area contributed by atoms with Gasteiger partial charge in [-0.3, -0.25) is 4.79 Å². The molecule has 0 saturated carbocycles. The van der Waals surface area contributed by atoms with E-state index in [9.17, 15) is 14.0 Å². The highest BCUT2D eigenvalue weighted by atomic mass is 19.1. The summed E-state index contributed by atoms with van der Waals surface area (Å²) in [5, 5.41) is 2.71. The quantitative estimate of drug-likeness (QED) is 0.716. The number of hydrogen-bond donors (Lipinski definition) is 1. The van der Waals surface area contributed by atoms with Gasteiger partial charge in [0, 0.05) is 5.56 Å². The van der Waals surface area contributed by atoms with Gasteiger partial charge in [-0.05, 0) is 48.2 Å². The lowest BCUT2D eigenvalue weighted by molar-refractivity contribution is -0.143. The van der Waals surface area contributed by atoms with Gasteiger partial charge in [-0.25, -0.2) is 9.18 Å². The summed E-state index contributed by atoms with van der Waals surface area (Å²) in [6, 6.07) is 12.0. The lowest BCUT2D eigenvalue weighted by atomic mass is 10.0. The number of hydrogen-bond acceptors (Lipinski definition) is 4. The van der Waals surface area contributed by atoms with Crippen molar-refractivity contribution in [1.82, 2.24) is 5.32 Å². The number of amides is 1. The van der Waals surface area contributed by atoms with Gasteiger partial charge in [-0.2, -0.15) is 0 Å². The Morgan fingerprint density at radius 2 is 1.81 bits per heavy atom. The van der Waals surface area contributed by atoms with E-state index in [0.29, 0.717) is 17.7 Å². The van der Waals surface area contributed by atoms with E-state index < -0.39 is 12.0 Å². The van der Waals surface area contributed by atoms with Crippen molar-refractivity contribution in [2.45, 2.75) is 32.9 Å². The minimum Gasteiger partial charge on any atom is -0.489 e. The summed E-state index contributed by atoms with van der Waals surface area (Å²) in [6.07, 6.45) is 0.485. The molecule has 1 N–H and O–H groups in total. The molecule has 2 aromatic rings. The average molecular weight is 373 g/mol. The summed E-state index contributed by atoms with van der Waals surface area (Å²) in [7, 11) is 1.30. The first-order valence-corrected chi connectivity index (χ1v) is 8.75. The first-order chi connectivity index (χ1) is 12.9. The van der Waals surface area contributed by atoms with Gasteiger partial charge in [0.15, 0.2) is 0 Å². The van der Waals surface area contributed by atoms with Crippen LogP contribution in [0.25, 0.3) is 0 Å². The van der Waals surface area contributed by atoms with Crippen LogP contribution in [0, 0.1) is 11.7 Å². The largest absolute Gasteiger partial charge is 0.489 e. The highest BCUT2D eigenvalue weighted by molar-refractivity contribution is 5.97. The number of esters is 1. The zero-order chi connectivity index (χ0) is 19.8. The third kappa shape index (κ3) is 6.40. The summed E-state index contributed by atoms with van der Waals surface area (Å²) in [4.78, 5) is 24.4. The van der Waals surface area contributed by atoms with Crippen molar-refractivity contribution < 1.29 is 23.5 Å². The summed E-state index contributed by atoms with van der Waals surface area (Å²) >= 11 is 0. The van der Waals surface area contributed by atoms with Crippen LogP contribution in [0.2, 0.25) is 0 Å². The molecule has 1 atom stereocenters. The number of carbonyl (C=O) groups excluding carboxylic acids is 2. The number of rotatable bonds is 8. The molecular weight excluding hydrogens is 349 g/mol. The van der Waals surface area contributed by atoms with Gasteiger partial charge in [0.2, 0.25) is 0 Å². The molecule has 0 aliphatic carbocycles. The lowest BCUT2D eigenvalue weighted by Crippen LogP contribution is -2.42. The molecule has 0 bridgehead atoms. The second-order valence-electron chi connectivity index (χ2n) is 6.62. The molecule has 144 valence electrons. The maximum absolute atomic E-state index is 12.9. The summed E-state index contributed by atoms with van der Waals surface area (Å²) in [5.41, 5.74) is 1.19. The van der Waals surface area contributed by atoms with Crippen molar-refractivity contribution in [1.29, 1.82) is 0 Å². The highest BCUT2D eigenvalue weighted by Gasteiger charge is 2.23. The predicted molar refractivity (Wildman–Crippen MR) is 99.9 cm³/mol. The molecule has 0 saturated heterocycles. The molecule has 0 aliphatic rings. The van der Waals surface area contributed by atoms with E-state index in [0.717, 1.165) is 5.56 Å². The Kier molecular flexibility index (Phi) is 7.34. The van der Waals surface area contributed by atoms with Crippen LogP contribution in [0.5, 0.6) is 5.75 Å². The standard InChI is InChI=1S/C21H24FNO4/c1-14(2)11-19(21(25)26-3)23-20(24)16-5-4-6-18(12-16)27-13-15-7-9-17(22)10-8-15/h4-10,12,14,19H,11,13H2,1-3H3,(H,23,24). The van der Waals surface area contributed by atoms with Gasteiger partial charge in [-0.1, -0.05) is 32.0 Å². The van der Waals surface area contributed by atoms with Gasteiger partial charge >= 0.3 is 5.97 Å². The smallest absolute Gasteiger partial charge is 0.328 e. The van der Waals surface area contributed by atoms with Gasteiger partial charge in [0.05, 0.1) is 7.11 Å². The SMILES string of the molecule is COC(=O)C(CC(C)C)NC(=O)c1cccc(OCc2ccc(F)cc2)c1. The van der Waals surface area contributed by atoms with E-state index >= 15 is 0 Å². The normalized spacial score (nSPS) is 11.7. The minimum absolute atomic E-state index is 0.222. The summed E-state index contributed by atoms with van der Waals surface area (Å²) in [5.74, 6) is -0.428. The van der Waals surface area contributed by atoms with Crippen molar-refractivity contribution in [2.24, 2.45) is 5.92 Å². The molecule has 0 fully saturated rings. The molecule has 0 radical (unpaired) electrons. The van der Waals surface area contributed by atoms with Crippen LogP contribution < -0.4 is 10.1 Å². The van der Waals surface area contributed by atoms with Crippen LogP contribution >= 0.6 is 0 Å². The molecule has 0 spiro atoms. The number of halogens is 1. The number of benzene rings is 2. The second kappa shape index (κ2) is 9.71. The van der Waals surface area contributed by atoms with Gasteiger partial charge in [-0.15, -0.1) is 0 Å². The van der Waals surface area contributed by atoms with E-state index in [2.05, 4.69) is 5.32 Å². The zero-order valence-electron chi connectivity index (χ0n) is 15.7. The number of carbonyl (C=O) groups is 2. The van der Waals surface area contributed by atoms with Crippen LogP contribution in [0.1, 0.15) is 36.2 Å². The van der Waals surface area contributed by atoms with Crippen molar-refractivity contribution in [3.63, 3.8) is 0 Å². The van der Waals surface area contributed by atoms with E-state index in [-0.39, 0.29) is 24.2 Å². The van der Waals surface area contributed by atoms with E-state index in [1.807, 2.05) is 13.8 Å². The maximum Gasteiger partial charge on any atom is 0.328 e. The molecule has 0 aromatic heterocycles. The Hall–Kier alpha value is -2.89. The highest BCUT2D eigenvalue weighted by Crippen LogP contribution is 2.16. The molecule has 2 aromatic carbocycles. The Bertz CT molecular complexity index is 774. The van der Waals surface area contributed by atoms with Crippen LogP contribution in [-0.4, -0.2) is 25.0 Å². The van der Waals surface area contributed by atoms with Gasteiger partial charge < -0.3 is 14.8 Å². The van der Waals surface area contributed by atoms with E-state index in [1.54, 1.807) is 36.4 Å². The van der Waals surface area contributed by atoms with Crippen LogP contribution in [0.4, 0.5) is 4.39 Å². The van der Waals surface area contributed by atoms with Gasteiger partial charge in [0.1, 0.15) is 24.2 Å². The van der Waals surface area contributed by atoms with E-state index in [4.69, 9.17) is 9.47 Å². The molecule has 6 heteroatoms. The first-order valence-electron chi connectivity index (χ1n) is 8.75. The minimum atomic E-state index is -0.703. The molecular formula is C21H24FNO4. The topological polar surface area (TPSA) is 64.6 Å². The van der Waals surface area contributed by atoms with Crippen molar-refractivity contribution in [3.8, 4) is 5.75 Å². The lowest BCUT2D eigenvalue weighted by Gasteiger charge is -2.18. The van der Waals surface area contributed by atoms with Crippen LogP contribution in [-0.2, 0) is 16.1 Å².